The normalized spacial score (nSPS) is 21.6. The maximum atomic E-state index is 11.2. The highest BCUT2D eigenvalue weighted by Gasteiger charge is 2.25. The van der Waals surface area contributed by atoms with Crippen LogP contribution in [0.25, 0.3) is 0 Å². The van der Waals surface area contributed by atoms with Crippen LogP contribution in [0.4, 0.5) is 0 Å². The Kier molecular flexibility index (Phi) is 6.09. The van der Waals surface area contributed by atoms with E-state index in [4.69, 9.17) is 0 Å². The van der Waals surface area contributed by atoms with E-state index in [9.17, 15) is 4.79 Å². The van der Waals surface area contributed by atoms with E-state index in [-0.39, 0.29) is 5.78 Å². The van der Waals surface area contributed by atoms with Crippen molar-refractivity contribution in [2.75, 3.05) is 53.9 Å². The van der Waals surface area contributed by atoms with E-state index < -0.39 is 0 Å². The number of hydrogen-bond donors (Lipinski definition) is 0. The molecular formula is C13H27N3O. The fraction of sp³-hybridized carbons (Fsp3) is 0.923. The van der Waals surface area contributed by atoms with E-state index in [1.807, 2.05) is 0 Å². The number of Topliss-reactive ketones (excluding diaryl/α,β-unsaturated/α-hetero) is 1. The van der Waals surface area contributed by atoms with Crippen LogP contribution in [0.3, 0.4) is 0 Å². The minimum Gasteiger partial charge on any atom is -0.308 e. The molecule has 0 saturated carbocycles. The lowest BCUT2D eigenvalue weighted by Gasteiger charge is -2.28. The van der Waals surface area contributed by atoms with Crippen molar-refractivity contribution in [3.8, 4) is 0 Å². The van der Waals surface area contributed by atoms with Crippen molar-refractivity contribution < 1.29 is 4.79 Å². The summed E-state index contributed by atoms with van der Waals surface area (Å²) in [6.45, 7) is 6.68. The molecule has 0 aromatic heterocycles. The van der Waals surface area contributed by atoms with E-state index in [2.05, 4.69) is 35.8 Å². The molecule has 0 N–H and O–H groups in total. The Balaban J connectivity index is 2.31. The first-order valence-corrected chi connectivity index (χ1v) is 6.56. The Morgan fingerprint density at radius 1 is 1.29 bits per heavy atom. The molecule has 0 amide bonds. The molecule has 0 aliphatic carbocycles. The molecule has 1 unspecified atom stereocenters. The van der Waals surface area contributed by atoms with Gasteiger partial charge in [-0.05, 0) is 47.5 Å². The summed E-state index contributed by atoms with van der Waals surface area (Å²) in [5, 5.41) is 0. The minimum absolute atomic E-state index is 0.285. The third-order valence-electron chi connectivity index (χ3n) is 3.38. The molecule has 4 heteroatoms. The van der Waals surface area contributed by atoms with Crippen molar-refractivity contribution in [1.82, 2.24) is 14.7 Å². The van der Waals surface area contributed by atoms with E-state index in [0.29, 0.717) is 12.6 Å². The topological polar surface area (TPSA) is 26.8 Å². The highest BCUT2D eigenvalue weighted by Crippen LogP contribution is 2.17. The SMILES string of the molecule is CC(=O)CN1CCCC1CN(C)CCN(C)C. The summed E-state index contributed by atoms with van der Waals surface area (Å²) in [5.41, 5.74) is 0. The lowest BCUT2D eigenvalue weighted by molar-refractivity contribution is -0.118. The first-order chi connectivity index (χ1) is 7.99. The molecule has 100 valence electrons. The first-order valence-electron chi connectivity index (χ1n) is 6.56. The summed E-state index contributed by atoms with van der Waals surface area (Å²) in [6, 6.07) is 0.575. The number of rotatable bonds is 7. The van der Waals surface area contributed by atoms with E-state index in [1.54, 1.807) is 6.92 Å². The molecule has 1 atom stereocenters. The Labute approximate surface area is 106 Å². The smallest absolute Gasteiger partial charge is 0.143 e. The molecule has 0 spiro atoms. The third-order valence-corrected chi connectivity index (χ3v) is 3.38. The molecule has 0 aromatic carbocycles. The van der Waals surface area contributed by atoms with Crippen molar-refractivity contribution in [2.24, 2.45) is 0 Å². The number of likely N-dealkylation sites (tertiary alicyclic amines) is 1. The van der Waals surface area contributed by atoms with Crippen LogP contribution in [0, 0.1) is 0 Å². The van der Waals surface area contributed by atoms with Gasteiger partial charge in [0.2, 0.25) is 0 Å². The number of nitrogens with zero attached hydrogens (tertiary/aromatic N) is 3. The number of likely N-dealkylation sites (N-methyl/N-ethyl adjacent to an activating group) is 2. The summed E-state index contributed by atoms with van der Waals surface area (Å²) in [4.78, 5) is 18.1. The van der Waals surface area contributed by atoms with Crippen molar-refractivity contribution >= 4 is 5.78 Å². The number of carbonyl (C=O) groups is 1. The standard InChI is InChI=1S/C13H27N3O/c1-12(17)10-16-7-5-6-13(16)11-15(4)9-8-14(2)3/h13H,5-11H2,1-4H3. The van der Waals surface area contributed by atoms with E-state index in [0.717, 1.165) is 26.2 Å². The maximum Gasteiger partial charge on any atom is 0.143 e. The average Bonchev–Trinajstić information content (AvgIpc) is 2.62. The molecule has 1 heterocycles. The van der Waals surface area contributed by atoms with Crippen molar-refractivity contribution in [2.45, 2.75) is 25.8 Å². The summed E-state index contributed by atoms with van der Waals surface area (Å²) in [7, 11) is 6.38. The summed E-state index contributed by atoms with van der Waals surface area (Å²) >= 11 is 0. The largest absolute Gasteiger partial charge is 0.308 e. The molecule has 1 fully saturated rings. The zero-order valence-electron chi connectivity index (χ0n) is 11.8. The number of carbonyl (C=O) groups excluding carboxylic acids is 1. The molecule has 1 aliphatic rings. The fourth-order valence-corrected chi connectivity index (χ4v) is 2.42. The van der Waals surface area contributed by atoms with Gasteiger partial charge in [-0.2, -0.15) is 0 Å². The molecule has 1 rings (SSSR count). The Bertz CT molecular complexity index is 243. The molecular weight excluding hydrogens is 214 g/mol. The second kappa shape index (κ2) is 7.09. The van der Waals surface area contributed by atoms with Gasteiger partial charge in [-0.25, -0.2) is 0 Å². The average molecular weight is 241 g/mol. The Morgan fingerprint density at radius 3 is 2.59 bits per heavy atom. The zero-order valence-corrected chi connectivity index (χ0v) is 11.8. The Hall–Kier alpha value is -0.450. The van der Waals surface area contributed by atoms with Crippen LogP contribution in [-0.4, -0.2) is 80.4 Å². The van der Waals surface area contributed by atoms with Crippen LogP contribution in [0.1, 0.15) is 19.8 Å². The molecule has 0 radical (unpaired) electrons. The van der Waals surface area contributed by atoms with Crippen LogP contribution in [0.15, 0.2) is 0 Å². The summed E-state index contributed by atoms with van der Waals surface area (Å²) in [5.74, 6) is 0.285. The quantitative estimate of drug-likeness (QED) is 0.650. The van der Waals surface area contributed by atoms with Crippen molar-refractivity contribution in [3.05, 3.63) is 0 Å². The maximum absolute atomic E-state index is 11.2. The van der Waals surface area contributed by atoms with Gasteiger partial charge in [0.25, 0.3) is 0 Å². The van der Waals surface area contributed by atoms with Crippen molar-refractivity contribution in [3.63, 3.8) is 0 Å². The molecule has 4 nitrogen and oxygen atoms in total. The molecule has 0 bridgehead atoms. The van der Waals surface area contributed by atoms with Gasteiger partial charge in [0.15, 0.2) is 0 Å². The van der Waals surface area contributed by atoms with E-state index in [1.165, 1.54) is 12.8 Å². The van der Waals surface area contributed by atoms with Crippen LogP contribution < -0.4 is 0 Å². The van der Waals surface area contributed by atoms with Gasteiger partial charge in [0.05, 0.1) is 6.54 Å². The van der Waals surface area contributed by atoms with Gasteiger partial charge < -0.3 is 9.80 Å². The zero-order chi connectivity index (χ0) is 12.8. The van der Waals surface area contributed by atoms with Crippen LogP contribution >= 0.6 is 0 Å². The highest BCUT2D eigenvalue weighted by atomic mass is 16.1. The molecule has 1 aliphatic heterocycles. The fourth-order valence-electron chi connectivity index (χ4n) is 2.42. The van der Waals surface area contributed by atoms with Crippen LogP contribution in [0.5, 0.6) is 0 Å². The second-order valence-corrected chi connectivity index (χ2v) is 5.53. The summed E-state index contributed by atoms with van der Waals surface area (Å²) in [6.07, 6.45) is 2.47. The van der Waals surface area contributed by atoms with Gasteiger partial charge in [-0.1, -0.05) is 0 Å². The lowest BCUT2D eigenvalue weighted by atomic mass is 10.2. The van der Waals surface area contributed by atoms with Gasteiger partial charge in [0, 0.05) is 25.7 Å². The first kappa shape index (κ1) is 14.6. The predicted molar refractivity (Wildman–Crippen MR) is 71.3 cm³/mol. The minimum atomic E-state index is 0.285. The molecule has 1 saturated heterocycles. The van der Waals surface area contributed by atoms with Gasteiger partial charge in [-0.3, -0.25) is 9.69 Å². The molecule has 17 heavy (non-hydrogen) atoms. The van der Waals surface area contributed by atoms with Crippen molar-refractivity contribution in [1.29, 1.82) is 0 Å². The van der Waals surface area contributed by atoms with Crippen LogP contribution in [0.2, 0.25) is 0 Å². The Morgan fingerprint density at radius 2 is 2.00 bits per heavy atom. The number of hydrogen-bond acceptors (Lipinski definition) is 4. The second-order valence-electron chi connectivity index (χ2n) is 5.53. The van der Waals surface area contributed by atoms with Crippen LogP contribution in [-0.2, 0) is 4.79 Å². The van der Waals surface area contributed by atoms with Gasteiger partial charge >= 0.3 is 0 Å². The van der Waals surface area contributed by atoms with Gasteiger partial charge in [-0.15, -0.1) is 0 Å². The third kappa shape index (κ3) is 5.61. The number of ketones is 1. The lowest BCUT2D eigenvalue weighted by Crippen LogP contribution is -2.42. The monoisotopic (exact) mass is 241 g/mol. The molecule has 0 aromatic rings. The van der Waals surface area contributed by atoms with E-state index >= 15 is 0 Å². The highest BCUT2D eigenvalue weighted by molar-refractivity contribution is 5.77. The van der Waals surface area contributed by atoms with Gasteiger partial charge in [0.1, 0.15) is 5.78 Å². The predicted octanol–water partition coefficient (Wildman–Crippen LogP) is 0.533. The summed E-state index contributed by atoms with van der Waals surface area (Å²) < 4.78 is 0.